The van der Waals surface area contributed by atoms with Gasteiger partial charge in [0.2, 0.25) is 5.91 Å². The van der Waals surface area contributed by atoms with Gasteiger partial charge in [-0.05, 0) is 61.6 Å². The Kier molecular flexibility index (Phi) is 5.22. The smallest absolute Gasteiger partial charge is 0.226 e. The Morgan fingerprint density at radius 2 is 1.92 bits per heavy atom. The number of halogens is 1. The molecule has 2 saturated heterocycles. The van der Waals surface area contributed by atoms with Crippen LogP contribution in [0.1, 0.15) is 44.1 Å². The lowest BCUT2D eigenvalue weighted by Gasteiger charge is -2.38. The molecule has 2 aliphatic heterocycles. The van der Waals surface area contributed by atoms with Crippen LogP contribution in [0.5, 0.6) is 0 Å². The van der Waals surface area contributed by atoms with Crippen molar-refractivity contribution in [1.29, 1.82) is 0 Å². The standard InChI is InChI=1S/C20H28N2O.ClH/c1-15-14-22(12-7-17(15)16-5-3-2-4-6-16)19(23)18-13-20(18)8-10-21-11-9-20;/h2-6,15,17-18,21H,7-14H2,1H3;1H. The number of piperidine rings is 2. The van der Waals surface area contributed by atoms with E-state index in [1.807, 2.05) is 0 Å². The first-order chi connectivity index (χ1) is 11.2. The fourth-order valence-electron chi connectivity index (χ4n) is 4.94. The van der Waals surface area contributed by atoms with Crippen LogP contribution in [0, 0.1) is 17.3 Å². The Labute approximate surface area is 151 Å². The summed E-state index contributed by atoms with van der Waals surface area (Å²) in [5.74, 6) is 1.93. The van der Waals surface area contributed by atoms with Crippen molar-refractivity contribution in [2.45, 2.75) is 38.5 Å². The Balaban J connectivity index is 0.00000169. The van der Waals surface area contributed by atoms with Crippen LogP contribution in [0.2, 0.25) is 0 Å². The molecule has 4 rings (SSSR count). The van der Waals surface area contributed by atoms with Gasteiger partial charge < -0.3 is 10.2 Å². The molecule has 24 heavy (non-hydrogen) atoms. The maximum Gasteiger partial charge on any atom is 0.226 e. The molecule has 132 valence electrons. The predicted molar refractivity (Wildman–Crippen MR) is 99.4 cm³/mol. The van der Waals surface area contributed by atoms with Crippen molar-refractivity contribution < 1.29 is 4.79 Å². The molecule has 2 heterocycles. The molecule has 3 nitrogen and oxygen atoms in total. The van der Waals surface area contributed by atoms with E-state index in [0.29, 0.717) is 29.1 Å². The van der Waals surface area contributed by atoms with Gasteiger partial charge >= 0.3 is 0 Å². The van der Waals surface area contributed by atoms with E-state index < -0.39 is 0 Å². The zero-order valence-corrected chi connectivity index (χ0v) is 15.4. The van der Waals surface area contributed by atoms with Crippen LogP contribution in [0.15, 0.2) is 30.3 Å². The number of nitrogens with zero attached hydrogens (tertiary/aromatic N) is 1. The molecule has 1 saturated carbocycles. The average molecular weight is 349 g/mol. The summed E-state index contributed by atoms with van der Waals surface area (Å²) in [4.78, 5) is 15.1. The first-order valence-corrected chi connectivity index (χ1v) is 9.24. The maximum absolute atomic E-state index is 12.9. The third-order valence-corrected chi connectivity index (χ3v) is 6.53. The number of rotatable bonds is 2. The third-order valence-electron chi connectivity index (χ3n) is 6.53. The van der Waals surface area contributed by atoms with Crippen molar-refractivity contribution in [2.24, 2.45) is 17.3 Å². The van der Waals surface area contributed by atoms with E-state index in [-0.39, 0.29) is 12.4 Å². The molecule has 0 bridgehead atoms. The highest BCUT2D eigenvalue weighted by molar-refractivity contribution is 5.85. The van der Waals surface area contributed by atoms with Gasteiger partial charge in [0, 0.05) is 19.0 Å². The van der Waals surface area contributed by atoms with Crippen LogP contribution in [0.3, 0.4) is 0 Å². The first kappa shape index (κ1) is 17.8. The Hall–Kier alpha value is -1.06. The number of nitrogens with one attached hydrogen (secondary N) is 1. The molecule has 1 aromatic carbocycles. The summed E-state index contributed by atoms with van der Waals surface area (Å²) in [5.41, 5.74) is 1.80. The molecule has 1 spiro atoms. The molecular weight excluding hydrogens is 320 g/mol. The monoisotopic (exact) mass is 348 g/mol. The molecule has 4 heteroatoms. The number of hydrogen-bond acceptors (Lipinski definition) is 2. The van der Waals surface area contributed by atoms with Crippen LogP contribution in [0.4, 0.5) is 0 Å². The molecule has 1 N–H and O–H groups in total. The zero-order valence-electron chi connectivity index (χ0n) is 14.5. The van der Waals surface area contributed by atoms with E-state index >= 15 is 0 Å². The van der Waals surface area contributed by atoms with Crippen LogP contribution < -0.4 is 5.32 Å². The average Bonchev–Trinajstić information content (AvgIpc) is 3.28. The summed E-state index contributed by atoms with van der Waals surface area (Å²) < 4.78 is 0. The van der Waals surface area contributed by atoms with Gasteiger partial charge in [-0.15, -0.1) is 12.4 Å². The summed E-state index contributed by atoms with van der Waals surface area (Å²) in [5, 5.41) is 3.43. The third kappa shape index (κ3) is 3.21. The lowest BCUT2D eigenvalue weighted by atomic mass is 9.81. The SMILES string of the molecule is CC1CN(C(=O)C2CC23CCNCC3)CCC1c1ccccc1.Cl. The molecule has 1 amide bonds. The van der Waals surface area contributed by atoms with Crippen molar-refractivity contribution in [3.05, 3.63) is 35.9 Å². The predicted octanol–water partition coefficient (Wildman–Crippen LogP) is 3.45. The van der Waals surface area contributed by atoms with Gasteiger partial charge in [0.15, 0.2) is 0 Å². The largest absolute Gasteiger partial charge is 0.342 e. The molecule has 1 aliphatic carbocycles. The van der Waals surface area contributed by atoms with E-state index in [1.54, 1.807) is 0 Å². The minimum Gasteiger partial charge on any atom is -0.342 e. The molecule has 1 aromatic rings. The minimum atomic E-state index is 0. The van der Waals surface area contributed by atoms with E-state index in [0.717, 1.165) is 39.0 Å². The number of likely N-dealkylation sites (tertiary alicyclic amines) is 1. The number of carbonyl (C=O) groups is 1. The maximum atomic E-state index is 12.9. The molecule has 0 radical (unpaired) electrons. The topological polar surface area (TPSA) is 32.3 Å². The highest BCUT2D eigenvalue weighted by Gasteiger charge is 2.58. The van der Waals surface area contributed by atoms with Crippen LogP contribution in [0.25, 0.3) is 0 Å². The number of amides is 1. The van der Waals surface area contributed by atoms with E-state index in [2.05, 4.69) is 47.5 Å². The zero-order chi connectivity index (χ0) is 15.9. The second-order valence-corrected chi connectivity index (χ2v) is 7.94. The van der Waals surface area contributed by atoms with Gasteiger partial charge in [-0.2, -0.15) is 0 Å². The van der Waals surface area contributed by atoms with Crippen LogP contribution in [-0.4, -0.2) is 37.0 Å². The van der Waals surface area contributed by atoms with Gasteiger partial charge in [-0.1, -0.05) is 37.3 Å². The molecular formula is C20H29ClN2O. The van der Waals surface area contributed by atoms with Gasteiger partial charge in [0.1, 0.15) is 0 Å². The van der Waals surface area contributed by atoms with Crippen molar-refractivity contribution >= 4 is 18.3 Å². The van der Waals surface area contributed by atoms with Crippen LogP contribution >= 0.6 is 12.4 Å². The molecule has 3 fully saturated rings. The van der Waals surface area contributed by atoms with Crippen molar-refractivity contribution in [1.82, 2.24) is 10.2 Å². The lowest BCUT2D eigenvalue weighted by molar-refractivity contribution is -0.135. The minimum absolute atomic E-state index is 0. The molecule has 0 aromatic heterocycles. The molecule has 3 atom stereocenters. The Morgan fingerprint density at radius 1 is 1.21 bits per heavy atom. The highest BCUT2D eigenvalue weighted by Crippen LogP contribution is 2.59. The number of benzene rings is 1. The van der Waals surface area contributed by atoms with E-state index in [4.69, 9.17) is 0 Å². The Bertz CT molecular complexity index is 570. The lowest BCUT2D eigenvalue weighted by Crippen LogP contribution is -2.44. The first-order valence-electron chi connectivity index (χ1n) is 9.24. The second kappa shape index (κ2) is 7.05. The van der Waals surface area contributed by atoms with E-state index in [1.165, 1.54) is 18.4 Å². The molecule has 3 unspecified atom stereocenters. The number of carbonyl (C=O) groups excluding carboxylic acids is 1. The van der Waals surface area contributed by atoms with Crippen molar-refractivity contribution in [3.63, 3.8) is 0 Å². The fraction of sp³-hybridized carbons (Fsp3) is 0.650. The normalized spacial score (nSPS) is 31.4. The highest BCUT2D eigenvalue weighted by atomic mass is 35.5. The van der Waals surface area contributed by atoms with Gasteiger partial charge in [-0.25, -0.2) is 0 Å². The summed E-state index contributed by atoms with van der Waals surface area (Å²) in [6.45, 7) is 6.37. The quantitative estimate of drug-likeness (QED) is 0.887. The van der Waals surface area contributed by atoms with Gasteiger partial charge in [0.25, 0.3) is 0 Å². The fourth-order valence-corrected chi connectivity index (χ4v) is 4.94. The second-order valence-electron chi connectivity index (χ2n) is 7.94. The summed E-state index contributed by atoms with van der Waals surface area (Å²) in [6.07, 6.45) is 4.64. The molecule has 3 aliphatic rings. The Morgan fingerprint density at radius 3 is 2.58 bits per heavy atom. The summed E-state index contributed by atoms with van der Waals surface area (Å²) in [7, 11) is 0. The van der Waals surface area contributed by atoms with Crippen LogP contribution in [-0.2, 0) is 4.79 Å². The summed E-state index contributed by atoms with van der Waals surface area (Å²) >= 11 is 0. The van der Waals surface area contributed by atoms with Crippen molar-refractivity contribution in [3.8, 4) is 0 Å². The van der Waals surface area contributed by atoms with Crippen molar-refractivity contribution in [2.75, 3.05) is 26.2 Å². The van der Waals surface area contributed by atoms with E-state index in [9.17, 15) is 4.79 Å². The summed E-state index contributed by atoms with van der Waals surface area (Å²) in [6, 6.07) is 10.8. The van der Waals surface area contributed by atoms with Gasteiger partial charge in [-0.3, -0.25) is 4.79 Å². The number of hydrogen-bond donors (Lipinski definition) is 1. The van der Waals surface area contributed by atoms with Gasteiger partial charge in [0.05, 0.1) is 0 Å².